The van der Waals surface area contributed by atoms with E-state index in [2.05, 4.69) is 16.0 Å². The predicted octanol–water partition coefficient (Wildman–Crippen LogP) is 1.22. The van der Waals surface area contributed by atoms with Gasteiger partial charge in [0.15, 0.2) is 5.65 Å². The molecule has 0 bridgehead atoms. The summed E-state index contributed by atoms with van der Waals surface area (Å²) in [4.78, 5) is 8.12. The molecular formula is C9H8N4. The van der Waals surface area contributed by atoms with Gasteiger partial charge in [0, 0.05) is 5.69 Å². The minimum absolute atomic E-state index is 0.600. The van der Waals surface area contributed by atoms with Crippen LogP contribution in [0.4, 0.5) is 0 Å². The molecule has 4 nitrogen and oxygen atoms in total. The second-order valence-electron chi connectivity index (χ2n) is 2.89. The maximum absolute atomic E-state index is 8.82. The number of aromatic nitrogens is 3. The van der Waals surface area contributed by atoms with Crippen LogP contribution in [0.5, 0.6) is 0 Å². The molecule has 0 aliphatic heterocycles. The summed E-state index contributed by atoms with van der Waals surface area (Å²) in [5.41, 5.74) is 2.28. The van der Waals surface area contributed by atoms with E-state index in [1.54, 1.807) is 0 Å². The molecule has 13 heavy (non-hydrogen) atoms. The molecule has 0 fully saturated rings. The summed E-state index contributed by atoms with van der Waals surface area (Å²) in [5.74, 6) is 0.851. The van der Waals surface area contributed by atoms with Gasteiger partial charge in [0.1, 0.15) is 18.2 Å². The van der Waals surface area contributed by atoms with Crippen LogP contribution in [0.15, 0.2) is 12.4 Å². The molecule has 0 aliphatic carbocycles. The summed E-state index contributed by atoms with van der Waals surface area (Å²) in [5, 5.41) is 8.82. The van der Waals surface area contributed by atoms with E-state index in [1.807, 2.05) is 24.3 Å². The van der Waals surface area contributed by atoms with Crippen LogP contribution in [0.2, 0.25) is 0 Å². The summed E-state index contributed by atoms with van der Waals surface area (Å²) in [6.07, 6.45) is 1.48. The van der Waals surface area contributed by atoms with E-state index in [0.717, 1.165) is 11.5 Å². The number of hydrogen-bond donors (Lipinski definition) is 0. The van der Waals surface area contributed by atoms with Gasteiger partial charge in [0.2, 0.25) is 0 Å². The van der Waals surface area contributed by atoms with Crippen LogP contribution in [0.3, 0.4) is 0 Å². The van der Waals surface area contributed by atoms with Crippen LogP contribution < -0.4 is 0 Å². The monoisotopic (exact) mass is 172 g/mol. The molecule has 2 rings (SSSR count). The van der Waals surface area contributed by atoms with Crippen molar-refractivity contribution in [3.8, 4) is 6.07 Å². The summed E-state index contributed by atoms with van der Waals surface area (Å²) in [6.45, 7) is 3.83. The van der Waals surface area contributed by atoms with Gasteiger partial charge in [-0.05, 0) is 19.9 Å². The summed E-state index contributed by atoms with van der Waals surface area (Å²) in [7, 11) is 0. The third-order valence-electron chi connectivity index (χ3n) is 2.03. The molecule has 0 aromatic carbocycles. The smallest absolute Gasteiger partial charge is 0.158 e. The van der Waals surface area contributed by atoms with Crippen molar-refractivity contribution in [3.63, 3.8) is 0 Å². The van der Waals surface area contributed by atoms with E-state index in [9.17, 15) is 0 Å². The molecule has 0 saturated carbocycles. The van der Waals surface area contributed by atoms with E-state index in [4.69, 9.17) is 5.26 Å². The molecule has 0 aliphatic rings. The Morgan fingerprint density at radius 3 is 2.85 bits per heavy atom. The van der Waals surface area contributed by atoms with E-state index >= 15 is 0 Å². The Labute approximate surface area is 75.5 Å². The minimum Gasteiger partial charge on any atom is -0.286 e. The van der Waals surface area contributed by atoms with Crippen molar-refractivity contribution in [2.45, 2.75) is 13.8 Å². The van der Waals surface area contributed by atoms with Crippen LogP contribution in [0.1, 0.15) is 17.1 Å². The van der Waals surface area contributed by atoms with Crippen LogP contribution in [0, 0.1) is 25.2 Å². The predicted molar refractivity (Wildman–Crippen MR) is 47.2 cm³/mol. The number of rotatable bonds is 0. The number of hydrogen-bond acceptors (Lipinski definition) is 3. The SMILES string of the molecule is Cc1cc(C#N)c2ncnc(C)n12. The van der Waals surface area contributed by atoms with Gasteiger partial charge >= 0.3 is 0 Å². The lowest BCUT2D eigenvalue weighted by Crippen LogP contribution is -1.98. The Kier molecular flexibility index (Phi) is 1.52. The minimum atomic E-state index is 0.600. The van der Waals surface area contributed by atoms with Gasteiger partial charge in [-0.25, -0.2) is 9.97 Å². The number of nitriles is 1. The first kappa shape index (κ1) is 7.74. The highest BCUT2D eigenvalue weighted by Crippen LogP contribution is 2.13. The van der Waals surface area contributed by atoms with Gasteiger partial charge < -0.3 is 0 Å². The molecular weight excluding hydrogens is 164 g/mol. The highest BCUT2D eigenvalue weighted by atomic mass is 15.1. The van der Waals surface area contributed by atoms with E-state index < -0.39 is 0 Å². The Hall–Kier alpha value is -1.89. The molecule has 2 aromatic rings. The topological polar surface area (TPSA) is 54.0 Å². The first-order chi connectivity index (χ1) is 6.24. The first-order valence-electron chi connectivity index (χ1n) is 3.94. The highest BCUT2D eigenvalue weighted by molar-refractivity contribution is 5.57. The maximum Gasteiger partial charge on any atom is 0.158 e. The Morgan fingerprint density at radius 1 is 1.38 bits per heavy atom. The fourth-order valence-corrected chi connectivity index (χ4v) is 1.47. The van der Waals surface area contributed by atoms with Crippen molar-refractivity contribution >= 4 is 5.65 Å². The molecule has 2 aromatic heterocycles. The average molecular weight is 172 g/mol. The average Bonchev–Trinajstić information content (AvgIpc) is 2.44. The van der Waals surface area contributed by atoms with Gasteiger partial charge in [-0.3, -0.25) is 4.40 Å². The lowest BCUT2D eigenvalue weighted by molar-refractivity contribution is 0.919. The van der Waals surface area contributed by atoms with Gasteiger partial charge in [0.25, 0.3) is 0 Å². The zero-order valence-electron chi connectivity index (χ0n) is 7.44. The van der Waals surface area contributed by atoms with Crippen LogP contribution in [-0.2, 0) is 0 Å². The molecule has 2 heterocycles. The lowest BCUT2D eigenvalue weighted by Gasteiger charge is -1.99. The summed E-state index contributed by atoms with van der Waals surface area (Å²) >= 11 is 0. The van der Waals surface area contributed by atoms with Gasteiger partial charge in [-0.2, -0.15) is 5.26 Å². The van der Waals surface area contributed by atoms with E-state index in [-0.39, 0.29) is 0 Å². The van der Waals surface area contributed by atoms with Crippen molar-refractivity contribution in [3.05, 3.63) is 29.5 Å². The second-order valence-corrected chi connectivity index (χ2v) is 2.89. The molecule has 0 spiro atoms. The van der Waals surface area contributed by atoms with Crippen LogP contribution >= 0.6 is 0 Å². The van der Waals surface area contributed by atoms with Crippen molar-refractivity contribution in [1.29, 1.82) is 5.26 Å². The second kappa shape index (κ2) is 2.56. The van der Waals surface area contributed by atoms with E-state index in [1.165, 1.54) is 6.33 Å². The standard InChI is InChI=1S/C9H8N4/c1-6-3-8(4-10)9-12-5-11-7(2)13(6)9/h3,5H,1-2H3. The molecule has 0 atom stereocenters. The fraction of sp³-hybridized carbons (Fsp3) is 0.222. The lowest BCUT2D eigenvalue weighted by atomic mass is 10.3. The fourth-order valence-electron chi connectivity index (χ4n) is 1.47. The summed E-state index contributed by atoms with van der Waals surface area (Å²) in [6, 6.07) is 3.92. The first-order valence-corrected chi connectivity index (χ1v) is 3.94. The molecule has 0 saturated heterocycles. The number of fused-ring (bicyclic) bond motifs is 1. The summed E-state index contributed by atoms with van der Waals surface area (Å²) < 4.78 is 1.87. The Bertz CT molecular complexity index is 504. The van der Waals surface area contributed by atoms with Crippen molar-refractivity contribution in [2.24, 2.45) is 0 Å². The zero-order valence-corrected chi connectivity index (χ0v) is 7.44. The zero-order chi connectivity index (χ0) is 9.42. The van der Waals surface area contributed by atoms with E-state index in [0.29, 0.717) is 11.2 Å². The Balaban J connectivity index is 2.98. The van der Waals surface area contributed by atoms with Gasteiger partial charge in [-0.1, -0.05) is 0 Å². The quantitative estimate of drug-likeness (QED) is 0.600. The van der Waals surface area contributed by atoms with Gasteiger partial charge in [-0.15, -0.1) is 0 Å². The Morgan fingerprint density at radius 2 is 2.15 bits per heavy atom. The molecule has 0 unspecified atom stereocenters. The van der Waals surface area contributed by atoms with Crippen molar-refractivity contribution < 1.29 is 0 Å². The van der Waals surface area contributed by atoms with Crippen LogP contribution in [0.25, 0.3) is 5.65 Å². The van der Waals surface area contributed by atoms with Crippen molar-refractivity contribution in [2.75, 3.05) is 0 Å². The molecule has 4 heteroatoms. The molecule has 64 valence electrons. The third kappa shape index (κ3) is 0.975. The van der Waals surface area contributed by atoms with Crippen LogP contribution in [-0.4, -0.2) is 14.4 Å². The number of nitrogens with zero attached hydrogens (tertiary/aromatic N) is 4. The third-order valence-corrected chi connectivity index (χ3v) is 2.03. The van der Waals surface area contributed by atoms with Crippen molar-refractivity contribution in [1.82, 2.24) is 14.4 Å². The molecule has 0 amide bonds. The molecule has 0 radical (unpaired) electrons. The largest absolute Gasteiger partial charge is 0.286 e. The molecule has 0 N–H and O–H groups in total. The maximum atomic E-state index is 8.82. The normalized spacial score (nSPS) is 10.2. The number of aryl methyl sites for hydroxylation is 2. The highest BCUT2D eigenvalue weighted by Gasteiger charge is 2.08. The van der Waals surface area contributed by atoms with Gasteiger partial charge in [0.05, 0.1) is 5.56 Å².